The monoisotopic (exact) mass is 361 g/mol. The second kappa shape index (κ2) is 6.24. The van der Waals surface area contributed by atoms with Crippen molar-refractivity contribution in [3.63, 3.8) is 0 Å². The third-order valence-electron chi connectivity index (χ3n) is 3.28. The Kier molecular flexibility index (Phi) is 4.11. The minimum absolute atomic E-state index is 0.0918. The van der Waals surface area contributed by atoms with Crippen molar-refractivity contribution in [3.05, 3.63) is 57.6 Å². The largest absolute Gasteiger partial charge is 0.457 e. The van der Waals surface area contributed by atoms with Gasteiger partial charge in [-0.25, -0.2) is 0 Å². The Labute approximate surface area is 144 Å². The van der Waals surface area contributed by atoms with Crippen molar-refractivity contribution in [3.8, 4) is 11.3 Å². The van der Waals surface area contributed by atoms with Gasteiger partial charge in [0.15, 0.2) is 5.11 Å². The standard InChI is InChI=1S/C15H8FN3O5S/c16-10-3-1-7(5-11(10)19(22)23)12-4-2-8(24-12)6-9-13(20)17-15(25)18-14(9)21/h1-6H,(H2,17,18,20,21,25). The molecule has 1 saturated heterocycles. The molecule has 2 amide bonds. The van der Waals surface area contributed by atoms with Crippen molar-refractivity contribution in [2.75, 3.05) is 0 Å². The summed E-state index contributed by atoms with van der Waals surface area (Å²) in [5.41, 5.74) is -0.621. The fraction of sp³-hybridized carbons (Fsp3) is 0. The number of furan rings is 1. The molecule has 0 aliphatic carbocycles. The number of carbonyl (C=O) groups is 2. The lowest BCUT2D eigenvalue weighted by Gasteiger charge is -2.15. The van der Waals surface area contributed by atoms with Crippen LogP contribution in [0.2, 0.25) is 0 Å². The highest BCUT2D eigenvalue weighted by Crippen LogP contribution is 2.28. The van der Waals surface area contributed by atoms with Gasteiger partial charge >= 0.3 is 5.69 Å². The van der Waals surface area contributed by atoms with Gasteiger partial charge in [-0.05, 0) is 42.6 Å². The number of carbonyl (C=O) groups excluding carboxylic acids is 2. The second-order valence-electron chi connectivity index (χ2n) is 4.92. The molecule has 0 radical (unpaired) electrons. The van der Waals surface area contributed by atoms with Crippen molar-refractivity contribution in [1.82, 2.24) is 10.6 Å². The lowest BCUT2D eigenvalue weighted by molar-refractivity contribution is -0.387. The van der Waals surface area contributed by atoms with Crippen molar-refractivity contribution in [2.45, 2.75) is 0 Å². The molecule has 3 rings (SSSR count). The molecule has 1 aliphatic rings. The number of hydrogen-bond donors (Lipinski definition) is 2. The predicted octanol–water partition coefficient (Wildman–Crippen LogP) is 1.91. The van der Waals surface area contributed by atoms with Crippen LogP contribution in [-0.2, 0) is 9.59 Å². The summed E-state index contributed by atoms with van der Waals surface area (Å²) in [6.07, 6.45) is 1.20. The molecule has 1 aliphatic heterocycles. The van der Waals surface area contributed by atoms with Crippen LogP contribution in [0.25, 0.3) is 17.4 Å². The number of amides is 2. The normalized spacial score (nSPS) is 14.1. The van der Waals surface area contributed by atoms with E-state index in [9.17, 15) is 24.1 Å². The smallest absolute Gasteiger partial charge is 0.305 e. The summed E-state index contributed by atoms with van der Waals surface area (Å²) in [6, 6.07) is 6.24. The number of nitro groups is 1. The number of benzene rings is 1. The highest BCUT2D eigenvalue weighted by Gasteiger charge is 2.26. The molecule has 0 spiro atoms. The van der Waals surface area contributed by atoms with E-state index in [0.717, 1.165) is 12.1 Å². The molecule has 2 aromatic rings. The summed E-state index contributed by atoms with van der Waals surface area (Å²) >= 11 is 4.69. The molecule has 0 unspecified atom stereocenters. The molecule has 0 bridgehead atoms. The van der Waals surface area contributed by atoms with Gasteiger partial charge in [0.1, 0.15) is 17.1 Å². The maximum absolute atomic E-state index is 13.4. The molecule has 126 valence electrons. The van der Waals surface area contributed by atoms with Crippen molar-refractivity contribution >= 4 is 40.9 Å². The highest BCUT2D eigenvalue weighted by atomic mass is 32.1. The lowest BCUT2D eigenvalue weighted by Crippen LogP contribution is -2.51. The van der Waals surface area contributed by atoms with Gasteiger partial charge in [-0.2, -0.15) is 4.39 Å². The minimum Gasteiger partial charge on any atom is -0.457 e. The summed E-state index contributed by atoms with van der Waals surface area (Å²) in [6.45, 7) is 0. The molecule has 1 aromatic carbocycles. The van der Waals surface area contributed by atoms with Crippen LogP contribution in [0.15, 0.2) is 40.3 Å². The van der Waals surface area contributed by atoms with Gasteiger partial charge in [0, 0.05) is 11.6 Å². The Morgan fingerprint density at radius 3 is 2.48 bits per heavy atom. The summed E-state index contributed by atoms with van der Waals surface area (Å²) in [7, 11) is 0. The van der Waals surface area contributed by atoms with Gasteiger partial charge in [0.05, 0.1) is 4.92 Å². The minimum atomic E-state index is -0.964. The molecule has 8 nitrogen and oxygen atoms in total. The zero-order valence-corrected chi connectivity index (χ0v) is 13.1. The van der Waals surface area contributed by atoms with Gasteiger partial charge in [0.25, 0.3) is 11.8 Å². The third kappa shape index (κ3) is 3.28. The Bertz CT molecular complexity index is 944. The number of nitro benzene ring substituents is 1. The summed E-state index contributed by atoms with van der Waals surface area (Å²) in [4.78, 5) is 33.5. The van der Waals surface area contributed by atoms with Crippen LogP contribution in [0.5, 0.6) is 0 Å². The van der Waals surface area contributed by atoms with Crippen LogP contribution >= 0.6 is 12.2 Å². The first-order chi connectivity index (χ1) is 11.8. The Balaban J connectivity index is 1.93. The predicted molar refractivity (Wildman–Crippen MR) is 87.6 cm³/mol. The van der Waals surface area contributed by atoms with Crippen LogP contribution in [0, 0.1) is 15.9 Å². The second-order valence-corrected chi connectivity index (χ2v) is 5.33. The molecule has 0 saturated carbocycles. The molecule has 2 N–H and O–H groups in total. The Morgan fingerprint density at radius 1 is 1.16 bits per heavy atom. The topological polar surface area (TPSA) is 114 Å². The molecule has 1 aromatic heterocycles. The first kappa shape index (κ1) is 16.5. The van der Waals surface area contributed by atoms with Gasteiger partial charge < -0.3 is 4.42 Å². The Hall–Kier alpha value is -3.40. The van der Waals surface area contributed by atoms with Gasteiger partial charge in [0.2, 0.25) is 5.82 Å². The zero-order chi connectivity index (χ0) is 18.1. The summed E-state index contributed by atoms with van der Waals surface area (Å²) in [5, 5.41) is 15.3. The fourth-order valence-electron chi connectivity index (χ4n) is 2.14. The van der Waals surface area contributed by atoms with E-state index in [0.29, 0.717) is 0 Å². The number of thiocarbonyl (C=S) groups is 1. The molecule has 0 atom stereocenters. The van der Waals surface area contributed by atoms with Crippen molar-refractivity contribution in [2.24, 2.45) is 0 Å². The molecule has 10 heteroatoms. The fourth-order valence-corrected chi connectivity index (χ4v) is 2.33. The van der Waals surface area contributed by atoms with Crippen LogP contribution in [0.4, 0.5) is 10.1 Å². The van der Waals surface area contributed by atoms with E-state index < -0.39 is 28.2 Å². The molecular weight excluding hydrogens is 353 g/mol. The maximum Gasteiger partial charge on any atom is 0.305 e. The molecular formula is C15H8FN3O5S. The van der Waals surface area contributed by atoms with Gasteiger partial charge in [-0.1, -0.05) is 0 Å². The van der Waals surface area contributed by atoms with Crippen LogP contribution in [-0.4, -0.2) is 21.9 Å². The van der Waals surface area contributed by atoms with Gasteiger partial charge in [-0.15, -0.1) is 0 Å². The van der Waals surface area contributed by atoms with Crippen LogP contribution in [0.1, 0.15) is 5.76 Å². The third-order valence-corrected chi connectivity index (χ3v) is 3.49. The quantitative estimate of drug-likeness (QED) is 0.284. The Morgan fingerprint density at radius 2 is 1.84 bits per heavy atom. The average molecular weight is 361 g/mol. The number of nitrogens with one attached hydrogen (secondary N) is 2. The summed E-state index contributed by atoms with van der Waals surface area (Å²) in [5.74, 6) is -1.94. The number of halogens is 1. The summed E-state index contributed by atoms with van der Waals surface area (Å²) < 4.78 is 18.8. The number of nitrogens with zero attached hydrogens (tertiary/aromatic N) is 1. The lowest BCUT2D eigenvalue weighted by atomic mass is 10.1. The van der Waals surface area contributed by atoms with E-state index in [2.05, 4.69) is 22.9 Å². The van der Waals surface area contributed by atoms with Crippen molar-refractivity contribution in [1.29, 1.82) is 0 Å². The van der Waals surface area contributed by atoms with Crippen LogP contribution < -0.4 is 10.6 Å². The first-order valence-corrected chi connectivity index (χ1v) is 7.18. The molecule has 2 heterocycles. The van der Waals surface area contributed by atoms with E-state index in [1.54, 1.807) is 0 Å². The van der Waals surface area contributed by atoms with E-state index in [1.165, 1.54) is 24.3 Å². The van der Waals surface area contributed by atoms with E-state index in [4.69, 9.17) is 4.42 Å². The zero-order valence-electron chi connectivity index (χ0n) is 12.2. The van der Waals surface area contributed by atoms with Crippen molar-refractivity contribution < 1.29 is 23.3 Å². The number of rotatable bonds is 3. The van der Waals surface area contributed by atoms with E-state index >= 15 is 0 Å². The first-order valence-electron chi connectivity index (χ1n) is 6.77. The SMILES string of the molecule is O=C1NC(=S)NC(=O)C1=Cc1ccc(-c2ccc(F)c([N+](=O)[O-])c2)o1. The number of hydrogen-bond acceptors (Lipinski definition) is 6. The van der Waals surface area contributed by atoms with E-state index in [1.807, 2.05) is 0 Å². The van der Waals surface area contributed by atoms with Gasteiger partial charge in [-0.3, -0.25) is 30.3 Å². The van der Waals surface area contributed by atoms with E-state index in [-0.39, 0.29) is 27.8 Å². The van der Waals surface area contributed by atoms with Crippen LogP contribution in [0.3, 0.4) is 0 Å². The average Bonchev–Trinajstić information content (AvgIpc) is 2.99. The highest BCUT2D eigenvalue weighted by molar-refractivity contribution is 7.80. The molecule has 25 heavy (non-hydrogen) atoms. The molecule has 1 fully saturated rings. The maximum atomic E-state index is 13.4.